The Bertz CT molecular complexity index is 911. The zero-order valence-corrected chi connectivity index (χ0v) is 17.8. The van der Waals surface area contributed by atoms with E-state index < -0.39 is 12.2 Å². The highest BCUT2D eigenvalue weighted by Gasteiger charge is 2.33. The van der Waals surface area contributed by atoms with Gasteiger partial charge in [0.15, 0.2) is 17.6 Å². The summed E-state index contributed by atoms with van der Waals surface area (Å²) >= 11 is 0. The predicted molar refractivity (Wildman–Crippen MR) is 114 cm³/mol. The molecule has 8 heteroatoms. The summed E-state index contributed by atoms with van der Waals surface area (Å²) in [4.78, 5) is 15.3. The fourth-order valence-corrected chi connectivity index (χ4v) is 3.93. The van der Waals surface area contributed by atoms with Crippen molar-refractivity contribution >= 4 is 11.6 Å². The fraction of sp³-hybridized carbons (Fsp3) is 0.435. The van der Waals surface area contributed by atoms with E-state index in [0.29, 0.717) is 28.3 Å². The lowest BCUT2D eigenvalue weighted by atomic mass is 9.94. The minimum absolute atomic E-state index is 0.0268. The second-order valence-corrected chi connectivity index (χ2v) is 7.64. The molecule has 8 nitrogen and oxygen atoms in total. The van der Waals surface area contributed by atoms with Gasteiger partial charge in [-0.05, 0) is 41.0 Å². The van der Waals surface area contributed by atoms with Crippen LogP contribution in [-0.4, -0.2) is 63.0 Å². The molecule has 4 rings (SSSR count). The van der Waals surface area contributed by atoms with Crippen LogP contribution >= 0.6 is 0 Å². The van der Waals surface area contributed by atoms with Gasteiger partial charge in [0.2, 0.25) is 0 Å². The average molecular weight is 428 g/mol. The summed E-state index contributed by atoms with van der Waals surface area (Å²) in [6.07, 6.45) is -1.69. The summed E-state index contributed by atoms with van der Waals surface area (Å²) < 4.78 is 21.7. The van der Waals surface area contributed by atoms with E-state index >= 15 is 0 Å². The Morgan fingerprint density at radius 2 is 1.74 bits per heavy atom. The van der Waals surface area contributed by atoms with Gasteiger partial charge in [0.1, 0.15) is 6.10 Å². The first-order valence-corrected chi connectivity index (χ1v) is 10.3. The van der Waals surface area contributed by atoms with Crippen LogP contribution in [-0.2, 0) is 20.8 Å². The zero-order valence-electron chi connectivity index (χ0n) is 17.8. The number of carbonyl (C=O) groups excluding carboxylic acids is 1. The van der Waals surface area contributed by atoms with Gasteiger partial charge in [0.05, 0.1) is 34.0 Å². The molecule has 2 unspecified atom stereocenters. The van der Waals surface area contributed by atoms with Crippen molar-refractivity contribution in [2.45, 2.75) is 18.8 Å². The van der Waals surface area contributed by atoms with Crippen molar-refractivity contribution in [1.82, 2.24) is 4.90 Å². The van der Waals surface area contributed by atoms with Crippen LogP contribution in [0.25, 0.3) is 0 Å². The number of nitrogens with one attached hydrogen (secondary N) is 1. The molecule has 2 heterocycles. The molecule has 0 aliphatic carbocycles. The molecule has 2 aliphatic heterocycles. The Kier molecular flexibility index (Phi) is 6.72. The highest BCUT2D eigenvalue weighted by atomic mass is 16.5. The van der Waals surface area contributed by atoms with Crippen molar-refractivity contribution in [3.63, 3.8) is 0 Å². The molecule has 0 saturated carbocycles. The predicted octanol–water partition coefficient (Wildman–Crippen LogP) is 2.28. The maximum absolute atomic E-state index is 13.0. The third-order valence-electron chi connectivity index (χ3n) is 5.62. The molecule has 1 saturated heterocycles. The number of nitrogens with zero attached hydrogens (tertiary/aromatic N) is 1. The summed E-state index contributed by atoms with van der Waals surface area (Å²) in [5.74, 6) is 0.669. The SMILES string of the molecule is COc1cc2c(cc1OC)C(C(=O)Nc1ccc(CN3CCOCC3)cc1)OCC2O. The van der Waals surface area contributed by atoms with Gasteiger partial charge in [-0.1, -0.05) is 12.1 Å². The first-order chi connectivity index (χ1) is 15.1. The zero-order chi connectivity index (χ0) is 21.8. The smallest absolute Gasteiger partial charge is 0.258 e. The number of aliphatic hydroxyl groups is 1. The van der Waals surface area contributed by atoms with Crippen molar-refractivity contribution in [1.29, 1.82) is 0 Å². The van der Waals surface area contributed by atoms with Crippen LogP contribution in [0.2, 0.25) is 0 Å². The monoisotopic (exact) mass is 428 g/mol. The Balaban J connectivity index is 1.47. The second-order valence-electron chi connectivity index (χ2n) is 7.64. The summed E-state index contributed by atoms with van der Waals surface area (Å²) in [6, 6.07) is 11.2. The number of aliphatic hydroxyl groups excluding tert-OH is 1. The number of hydrogen-bond donors (Lipinski definition) is 2. The van der Waals surface area contributed by atoms with Gasteiger partial charge >= 0.3 is 0 Å². The van der Waals surface area contributed by atoms with Crippen molar-refractivity contribution < 1.29 is 28.8 Å². The maximum Gasteiger partial charge on any atom is 0.258 e. The molecule has 0 bridgehead atoms. The molecular formula is C23H28N2O6. The molecule has 0 aromatic heterocycles. The van der Waals surface area contributed by atoms with E-state index in [2.05, 4.69) is 10.2 Å². The van der Waals surface area contributed by atoms with E-state index in [1.54, 1.807) is 12.1 Å². The van der Waals surface area contributed by atoms with Crippen LogP contribution in [0.15, 0.2) is 36.4 Å². The molecular weight excluding hydrogens is 400 g/mol. The fourth-order valence-electron chi connectivity index (χ4n) is 3.93. The summed E-state index contributed by atoms with van der Waals surface area (Å²) in [6.45, 7) is 4.27. The average Bonchev–Trinajstić information content (AvgIpc) is 2.80. The molecule has 2 atom stereocenters. The molecule has 2 aromatic carbocycles. The quantitative estimate of drug-likeness (QED) is 0.730. The molecule has 2 aromatic rings. The Morgan fingerprint density at radius 1 is 1.10 bits per heavy atom. The first kappa shape index (κ1) is 21.6. The number of ether oxygens (including phenoxy) is 4. The number of rotatable bonds is 6. The molecule has 0 radical (unpaired) electrons. The lowest BCUT2D eigenvalue weighted by Crippen LogP contribution is -2.35. The van der Waals surface area contributed by atoms with Gasteiger partial charge in [-0.2, -0.15) is 0 Å². The Morgan fingerprint density at radius 3 is 2.39 bits per heavy atom. The maximum atomic E-state index is 13.0. The normalized spacial score (nSPS) is 21.3. The van der Waals surface area contributed by atoms with Gasteiger partial charge in [-0.3, -0.25) is 9.69 Å². The van der Waals surface area contributed by atoms with E-state index in [1.165, 1.54) is 19.8 Å². The van der Waals surface area contributed by atoms with Crippen molar-refractivity contribution in [2.75, 3.05) is 52.4 Å². The van der Waals surface area contributed by atoms with E-state index in [0.717, 1.165) is 32.8 Å². The van der Waals surface area contributed by atoms with Gasteiger partial charge in [0.25, 0.3) is 5.91 Å². The molecule has 1 fully saturated rings. The molecule has 2 aliphatic rings. The van der Waals surface area contributed by atoms with Crippen LogP contribution in [0.4, 0.5) is 5.69 Å². The van der Waals surface area contributed by atoms with Gasteiger partial charge in [-0.25, -0.2) is 0 Å². The van der Waals surface area contributed by atoms with Crippen LogP contribution < -0.4 is 14.8 Å². The number of methoxy groups -OCH3 is 2. The first-order valence-electron chi connectivity index (χ1n) is 10.3. The second kappa shape index (κ2) is 9.65. The lowest BCUT2D eigenvalue weighted by Gasteiger charge is -2.29. The van der Waals surface area contributed by atoms with Crippen LogP contribution in [0.5, 0.6) is 11.5 Å². The highest BCUT2D eigenvalue weighted by molar-refractivity contribution is 5.95. The number of fused-ring (bicyclic) bond motifs is 1. The number of benzene rings is 2. The van der Waals surface area contributed by atoms with E-state index in [1.807, 2.05) is 24.3 Å². The number of hydrogen-bond acceptors (Lipinski definition) is 7. The van der Waals surface area contributed by atoms with Crippen LogP contribution in [0.1, 0.15) is 28.9 Å². The molecule has 2 N–H and O–H groups in total. The third kappa shape index (κ3) is 4.83. The van der Waals surface area contributed by atoms with E-state index in [-0.39, 0.29) is 12.5 Å². The highest BCUT2D eigenvalue weighted by Crippen LogP contribution is 2.40. The third-order valence-corrected chi connectivity index (χ3v) is 5.62. The molecule has 166 valence electrons. The minimum atomic E-state index is -0.855. The van der Waals surface area contributed by atoms with Crippen LogP contribution in [0, 0.1) is 0 Å². The van der Waals surface area contributed by atoms with Crippen molar-refractivity contribution in [3.05, 3.63) is 53.1 Å². The Hall–Kier alpha value is -2.65. The summed E-state index contributed by atoms with van der Waals surface area (Å²) in [7, 11) is 3.06. The molecule has 1 amide bonds. The van der Waals surface area contributed by atoms with Gasteiger partial charge in [0, 0.05) is 25.3 Å². The molecule has 0 spiro atoms. The number of carbonyl (C=O) groups is 1. The van der Waals surface area contributed by atoms with Gasteiger partial charge < -0.3 is 29.4 Å². The van der Waals surface area contributed by atoms with Crippen molar-refractivity contribution in [3.8, 4) is 11.5 Å². The summed E-state index contributed by atoms with van der Waals surface area (Å²) in [5.41, 5.74) is 3.04. The van der Waals surface area contributed by atoms with E-state index in [4.69, 9.17) is 18.9 Å². The summed E-state index contributed by atoms with van der Waals surface area (Å²) in [5, 5.41) is 13.2. The molecule has 31 heavy (non-hydrogen) atoms. The lowest BCUT2D eigenvalue weighted by molar-refractivity contribution is -0.132. The number of amides is 1. The largest absolute Gasteiger partial charge is 0.493 e. The standard InChI is InChI=1S/C23H28N2O6/c1-28-20-11-17-18(12-21(20)29-2)22(31-14-19(17)26)23(27)24-16-5-3-15(4-6-16)13-25-7-9-30-10-8-25/h3-6,11-12,19,22,26H,7-10,13-14H2,1-2H3,(H,24,27). The number of anilines is 1. The van der Waals surface area contributed by atoms with Gasteiger partial charge in [-0.15, -0.1) is 0 Å². The Labute approximate surface area is 181 Å². The van der Waals surface area contributed by atoms with Crippen molar-refractivity contribution in [2.24, 2.45) is 0 Å². The van der Waals surface area contributed by atoms with Crippen LogP contribution in [0.3, 0.4) is 0 Å². The number of morpholine rings is 1. The minimum Gasteiger partial charge on any atom is -0.493 e. The topological polar surface area (TPSA) is 89.5 Å². The van der Waals surface area contributed by atoms with E-state index in [9.17, 15) is 9.90 Å².